The average molecular weight is 264 g/mol. The summed E-state index contributed by atoms with van der Waals surface area (Å²) < 4.78 is 10.8. The molecule has 1 aromatic heterocycles. The highest BCUT2D eigenvalue weighted by molar-refractivity contribution is 6.29. The minimum absolute atomic E-state index is 0.471. The summed E-state index contributed by atoms with van der Waals surface area (Å²) in [5.41, 5.74) is 2.08. The van der Waals surface area contributed by atoms with Gasteiger partial charge in [-0.2, -0.15) is 0 Å². The number of benzene rings is 1. The molecule has 0 fully saturated rings. The van der Waals surface area contributed by atoms with Crippen LogP contribution in [-0.4, -0.2) is 12.1 Å². The van der Waals surface area contributed by atoms with Gasteiger partial charge in [0.05, 0.1) is 6.61 Å². The van der Waals surface area contributed by atoms with E-state index in [4.69, 9.17) is 21.1 Å². The van der Waals surface area contributed by atoms with E-state index in [2.05, 4.69) is 4.98 Å². The second kappa shape index (κ2) is 6.38. The Bertz CT molecular complexity index is 517. The number of ether oxygens (including phenoxy) is 2. The summed E-state index contributed by atoms with van der Waals surface area (Å²) >= 11 is 5.81. The van der Waals surface area contributed by atoms with Crippen LogP contribution >= 0.6 is 11.6 Å². The molecule has 0 saturated carbocycles. The molecule has 0 bridgehead atoms. The van der Waals surface area contributed by atoms with Gasteiger partial charge in [-0.1, -0.05) is 23.7 Å². The molecule has 0 unspecified atom stereocenters. The molecule has 3 nitrogen and oxygen atoms in total. The Morgan fingerprint density at radius 3 is 2.72 bits per heavy atom. The highest BCUT2D eigenvalue weighted by Crippen LogP contribution is 2.16. The number of halogens is 1. The van der Waals surface area contributed by atoms with Gasteiger partial charge < -0.3 is 9.47 Å². The number of rotatable bonds is 5. The van der Waals surface area contributed by atoms with Gasteiger partial charge in [-0.05, 0) is 35.4 Å². The first kappa shape index (κ1) is 12.9. The summed E-state index contributed by atoms with van der Waals surface area (Å²) in [6.45, 7) is 1.05. The number of hydrogen-bond donors (Lipinski definition) is 0. The summed E-state index contributed by atoms with van der Waals surface area (Å²) in [6.07, 6.45) is 1.67. The summed E-state index contributed by atoms with van der Waals surface area (Å²) in [5.74, 6) is 0.817. The lowest BCUT2D eigenvalue weighted by Crippen LogP contribution is -1.96. The zero-order valence-electron chi connectivity index (χ0n) is 10.1. The fourth-order valence-electron chi connectivity index (χ4n) is 1.59. The van der Waals surface area contributed by atoms with Crippen molar-refractivity contribution in [2.45, 2.75) is 13.2 Å². The molecule has 2 rings (SSSR count). The topological polar surface area (TPSA) is 31.4 Å². The number of methoxy groups -OCH3 is 1. The molecule has 1 aromatic carbocycles. The molecule has 0 saturated heterocycles. The van der Waals surface area contributed by atoms with Crippen LogP contribution in [0.1, 0.15) is 11.1 Å². The van der Waals surface area contributed by atoms with Crippen molar-refractivity contribution >= 4 is 11.6 Å². The maximum Gasteiger partial charge on any atom is 0.129 e. The normalized spacial score (nSPS) is 10.3. The lowest BCUT2D eigenvalue weighted by molar-refractivity contribution is 0.184. The number of pyridine rings is 1. The van der Waals surface area contributed by atoms with Crippen LogP contribution in [-0.2, 0) is 18.0 Å². The van der Waals surface area contributed by atoms with Crippen LogP contribution < -0.4 is 4.74 Å². The first-order valence-corrected chi connectivity index (χ1v) is 5.97. The zero-order chi connectivity index (χ0) is 12.8. The zero-order valence-corrected chi connectivity index (χ0v) is 10.9. The largest absolute Gasteiger partial charge is 0.489 e. The Labute approximate surface area is 111 Å². The van der Waals surface area contributed by atoms with E-state index in [9.17, 15) is 0 Å². The maximum absolute atomic E-state index is 5.81. The van der Waals surface area contributed by atoms with Crippen LogP contribution in [0.4, 0.5) is 0 Å². The SMILES string of the molecule is COCc1cccc(OCc2ccnc(Cl)c2)c1. The Kier molecular flexibility index (Phi) is 4.56. The Morgan fingerprint density at radius 1 is 1.11 bits per heavy atom. The Morgan fingerprint density at radius 2 is 1.94 bits per heavy atom. The van der Waals surface area contributed by atoms with Crippen LogP contribution in [0.2, 0.25) is 5.15 Å². The molecule has 0 N–H and O–H groups in total. The summed E-state index contributed by atoms with van der Waals surface area (Å²) in [5, 5.41) is 0.476. The van der Waals surface area contributed by atoms with Gasteiger partial charge >= 0.3 is 0 Å². The third-order valence-electron chi connectivity index (χ3n) is 2.41. The molecule has 94 valence electrons. The Balaban J connectivity index is 1.99. The van der Waals surface area contributed by atoms with E-state index in [1.807, 2.05) is 30.3 Å². The van der Waals surface area contributed by atoms with Gasteiger partial charge in [0, 0.05) is 13.3 Å². The average Bonchev–Trinajstić information content (AvgIpc) is 2.37. The standard InChI is InChI=1S/C14H14ClNO2/c1-17-9-11-3-2-4-13(7-11)18-10-12-5-6-16-14(15)8-12/h2-8H,9-10H2,1H3. The van der Waals surface area contributed by atoms with E-state index < -0.39 is 0 Å². The Hall–Kier alpha value is -1.58. The van der Waals surface area contributed by atoms with Crippen molar-refractivity contribution in [3.05, 3.63) is 58.9 Å². The van der Waals surface area contributed by atoms with E-state index in [1.165, 1.54) is 0 Å². The van der Waals surface area contributed by atoms with Crippen LogP contribution in [0.5, 0.6) is 5.75 Å². The van der Waals surface area contributed by atoms with Gasteiger partial charge in [0.1, 0.15) is 17.5 Å². The van der Waals surface area contributed by atoms with Crippen molar-refractivity contribution < 1.29 is 9.47 Å². The predicted octanol–water partition coefficient (Wildman–Crippen LogP) is 3.46. The summed E-state index contributed by atoms with van der Waals surface area (Å²) in [4.78, 5) is 3.93. The first-order chi connectivity index (χ1) is 8.78. The molecule has 18 heavy (non-hydrogen) atoms. The minimum atomic E-state index is 0.471. The summed E-state index contributed by atoms with van der Waals surface area (Å²) in [6, 6.07) is 11.5. The van der Waals surface area contributed by atoms with Crippen molar-refractivity contribution in [2.24, 2.45) is 0 Å². The van der Waals surface area contributed by atoms with E-state index in [0.717, 1.165) is 16.9 Å². The van der Waals surface area contributed by atoms with Crippen molar-refractivity contribution in [1.29, 1.82) is 0 Å². The van der Waals surface area contributed by atoms with Gasteiger partial charge in [0.2, 0.25) is 0 Å². The molecular formula is C14H14ClNO2. The van der Waals surface area contributed by atoms with Gasteiger partial charge in [-0.25, -0.2) is 4.98 Å². The molecule has 1 heterocycles. The van der Waals surface area contributed by atoms with Crippen LogP contribution in [0.3, 0.4) is 0 Å². The smallest absolute Gasteiger partial charge is 0.129 e. The highest BCUT2D eigenvalue weighted by atomic mass is 35.5. The minimum Gasteiger partial charge on any atom is -0.489 e. The molecular weight excluding hydrogens is 250 g/mol. The lowest BCUT2D eigenvalue weighted by Gasteiger charge is -2.08. The molecule has 4 heteroatoms. The molecule has 2 aromatic rings. The molecule has 0 radical (unpaired) electrons. The van der Waals surface area contributed by atoms with Gasteiger partial charge in [0.15, 0.2) is 0 Å². The van der Waals surface area contributed by atoms with Gasteiger partial charge in [-0.15, -0.1) is 0 Å². The van der Waals surface area contributed by atoms with Gasteiger partial charge in [0.25, 0.3) is 0 Å². The van der Waals surface area contributed by atoms with Crippen LogP contribution in [0.25, 0.3) is 0 Å². The van der Waals surface area contributed by atoms with E-state index >= 15 is 0 Å². The van der Waals surface area contributed by atoms with Crippen LogP contribution in [0, 0.1) is 0 Å². The third kappa shape index (κ3) is 3.72. The third-order valence-corrected chi connectivity index (χ3v) is 2.61. The maximum atomic E-state index is 5.81. The van der Waals surface area contributed by atoms with Crippen molar-refractivity contribution in [3.8, 4) is 5.75 Å². The molecule has 0 aliphatic heterocycles. The fraction of sp³-hybridized carbons (Fsp3) is 0.214. The monoisotopic (exact) mass is 263 g/mol. The molecule has 0 aliphatic carbocycles. The quantitative estimate of drug-likeness (QED) is 0.774. The number of aromatic nitrogens is 1. The van der Waals surface area contributed by atoms with E-state index in [-0.39, 0.29) is 0 Å². The molecule has 0 spiro atoms. The summed E-state index contributed by atoms with van der Waals surface area (Å²) in [7, 11) is 1.67. The van der Waals surface area contributed by atoms with Crippen molar-refractivity contribution in [3.63, 3.8) is 0 Å². The first-order valence-electron chi connectivity index (χ1n) is 5.59. The van der Waals surface area contributed by atoms with Crippen molar-refractivity contribution in [2.75, 3.05) is 7.11 Å². The van der Waals surface area contributed by atoms with Crippen molar-refractivity contribution in [1.82, 2.24) is 4.98 Å². The predicted molar refractivity (Wildman–Crippen MR) is 70.7 cm³/mol. The second-order valence-electron chi connectivity index (χ2n) is 3.86. The molecule has 0 aliphatic rings. The second-order valence-corrected chi connectivity index (χ2v) is 4.24. The van der Waals surface area contributed by atoms with E-state index in [0.29, 0.717) is 18.4 Å². The molecule has 0 amide bonds. The van der Waals surface area contributed by atoms with Gasteiger partial charge in [-0.3, -0.25) is 0 Å². The van der Waals surface area contributed by atoms with Crippen LogP contribution in [0.15, 0.2) is 42.6 Å². The fourth-order valence-corrected chi connectivity index (χ4v) is 1.79. The van der Waals surface area contributed by atoms with E-state index in [1.54, 1.807) is 19.4 Å². The number of nitrogens with zero attached hydrogens (tertiary/aromatic N) is 1. The lowest BCUT2D eigenvalue weighted by atomic mass is 10.2. The highest BCUT2D eigenvalue weighted by Gasteiger charge is 1.99. The molecule has 0 atom stereocenters. The number of hydrogen-bond acceptors (Lipinski definition) is 3.